The number of aromatic nitrogens is 1. The molecule has 4 heterocycles. The van der Waals surface area contributed by atoms with Gasteiger partial charge >= 0.3 is 6.09 Å². The molecule has 1 aromatic carbocycles. The number of aliphatic hydroxyl groups is 1. The quantitative estimate of drug-likeness (QED) is 0.290. The first-order valence-corrected chi connectivity index (χ1v) is 15.7. The summed E-state index contributed by atoms with van der Waals surface area (Å²) in [5, 5.41) is 27.4. The van der Waals surface area contributed by atoms with Gasteiger partial charge < -0.3 is 40.1 Å². The van der Waals surface area contributed by atoms with Gasteiger partial charge in [0, 0.05) is 64.9 Å². The lowest BCUT2D eigenvalue weighted by Gasteiger charge is -2.37. The Balaban J connectivity index is 1.27. The Morgan fingerprint density at radius 2 is 1.80 bits per heavy atom. The minimum atomic E-state index is -1.15. The molecule has 1 aromatic heterocycles. The maximum Gasteiger partial charge on any atom is 0.407 e. The van der Waals surface area contributed by atoms with Gasteiger partial charge in [-0.15, -0.1) is 0 Å². The first-order chi connectivity index (χ1) is 21.7. The number of hydrogen-bond acceptors (Lipinski definition) is 9. The van der Waals surface area contributed by atoms with Gasteiger partial charge in [-0.2, -0.15) is 0 Å². The summed E-state index contributed by atoms with van der Waals surface area (Å²) in [6.45, 7) is 4.71. The van der Waals surface area contributed by atoms with Gasteiger partial charge in [0.1, 0.15) is 17.4 Å². The second kappa shape index (κ2) is 14.8. The van der Waals surface area contributed by atoms with Gasteiger partial charge in [-0.25, -0.2) is 9.78 Å². The molecule has 0 radical (unpaired) electrons. The molecule has 2 fully saturated rings. The largest absolute Gasteiger partial charge is 0.468 e. The number of rotatable bonds is 10. The van der Waals surface area contributed by atoms with E-state index in [4.69, 9.17) is 14.5 Å². The number of pyridine rings is 1. The highest BCUT2D eigenvalue weighted by atomic mass is 16.7. The van der Waals surface area contributed by atoms with Crippen molar-refractivity contribution >= 4 is 29.5 Å². The number of fused-ring (bicyclic) bond motifs is 1. The van der Waals surface area contributed by atoms with E-state index in [1.54, 1.807) is 31.2 Å². The van der Waals surface area contributed by atoms with Crippen LogP contribution < -0.4 is 20.3 Å². The number of nitrogens with zero attached hydrogens (tertiary/aromatic N) is 4. The van der Waals surface area contributed by atoms with Crippen LogP contribution in [0.1, 0.15) is 60.5 Å². The standard InChI is InChI=1S/C32H44N6O7/c1-21(39)36-12-8-25(9-13-36)34-29-16-23(17-30(35-29)37-10-4-3-5-11-37)31(41)33-18-28(40)27-15-22-6-7-26(45-20-44-2)14-24(22)19-38(27)32(42)43/h6-7,14,16-17,25,27-28,40H,3-5,8-13,15,18-20H2,1-2H3,(H,33,41)(H,34,35)(H,42,43)/t27-,28?/m0/s1. The van der Waals surface area contributed by atoms with Crippen molar-refractivity contribution < 1.29 is 34.1 Å². The molecule has 5 rings (SSSR count). The first-order valence-electron chi connectivity index (χ1n) is 15.7. The summed E-state index contributed by atoms with van der Waals surface area (Å²) < 4.78 is 10.4. The van der Waals surface area contributed by atoms with Crippen molar-refractivity contribution in [3.05, 3.63) is 47.0 Å². The predicted octanol–water partition coefficient (Wildman–Crippen LogP) is 2.67. The minimum Gasteiger partial charge on any atom is -0.468 e. The number of aliphatic hydroxyl groups excluding tert-OH is 1. The van der Waals surface area contributed by atoms with Crippen LogP contribution in [0.3, 0.4) is 0 Å². The van der Waals surface area contributed by atoms with Crippen molar-refractivity contribution in [1.82, 2.24) is 20.1 Å². The summed E-state index contributed by atoms with van der Waals surface area (Å²) in [6, 6.07) is 8.34. The third kappa shape index (κ3) is 8.14. The van der Waals surface area contributed by atoms with Crippen molar-refractivity contribution in [2.45, 2.75) is 70.2 Å². The molecule has 0 aliphatic carbocycles. The van der Waals surface area contributed by atoms with E-state index in [0.29, 0.717) is 36.6 Å². The molecule has 0 spiro atoms. The number of likely N-dealkylation sites (tertiary alicyclic amines) is 1. The summed E-state index contributed by atoms with van der Waals surface area (Å²) in [7, 11) is 1.52. The Hall–Kier alpha value is -4.10. The third-order valence-corrected chi connectivity index (χ3v) is 8.90. The van der Waals surface area contributed by atoms with Gasteiger partial charge in [0.15, 0.2) is 6.79 Å². The van der Waals surface area contributed by atoms with E-state index in [1.165, 1.54) is 12.0 Å². The number of benzene rings is 1. The number of methoxy groups -OCH3 is 1. The van der Waals surface area contributed by atoms with Gasteiger partial charge in [-0.1, -0.05) is 6.07 Å². The zero-order valence-corrected chi connectivity index (χ0v) is 26.0. The number of carboxylic acid groups (broad SMARTS) is 1. The fraction of sp³-hybridized carbons (Fsp3) is 0.562. The van der Waals surface area contributed by atoms with Crippen LogP contribution in [-0.4, -0.2) is 108 Å². The topological polar surface area (TPSA) is 157 Å². The van der Waals surface area contributed by atoms with Crippen LogP contribution in [0.4, 0.5) is 16.4 Å². The van der Waals surface area contributed by atoms with Crippen LogP contribution in [0.15, 0.2) is 30.3 Å². The van der Waals surface area contributed by atoms with E-state index < -0.39 is 18.2 Å². The molecule has 0 bridgehead atoms. The Morgan fingerprint density at radius 3 is 2.49 bits per heavy atom. The predicted molar refractivity (Wildman–Crippen MR) is 168 cm³/mol. The van der Waals surface area contributed by atoms with E-state index in [-0.39, 0.29) is 37.7 Å². The average molecular weight is 625 g/mol. The number of anilines is 2. The number of ether oxygens (including phenoxy) is 2. The highest BCUT2D eigenvalue weighted by molar-refractivity contribution is 5.95. The van der Waals surface area contributed by atoms with Gasteiger partial charge in [0.05, 0.1) is 12.1 Å². The van der Waals surface area contributed by atoms with Crippen LogP contribution in [0, 0.1) is 0 Å². The van der Waals surface area contributed by atoms with Gasteiger partial charge in [-0.05, 0) is 73.9 Å². The number of amides is 3. The molecule has 2 saturated heterocycles. The number of nitrogens with one attached hydrogen (secondary N) is 2. The van der Waals surface area contributed by atoms with Gasteiger partial charge in [0.25, 0.3) is 5.91 Å². The molecule has 1 unspecified atom stereocenters. The smallest absolute Gasteiger partial charge is 0.407 e. The zero-order valence-electron chi connectivity index (χ0n) is 26.0. The summed E-state index contributed by atoms with van der Waals surface area (Å²) in [4.78, 5) is 47.5. The number of hydrogen-bond donors (Lipinski definition) is 4. The molecule has 2 aromatic rings. The maximum absolute atomic E-state index is 13.5. The Kier molecular flexibility index (Phi) is 10.6. The highest BCUT2D eigenvalue weighted by Gasteiger charge is 2.35. The second-order valence-corrected chi connectivity index (χ2v) is 12.0. The molecule has 45 heavy (non-hydrogen) atoms. The molecule has 2 atom stereocenters. The summed E-state index contributed by atoms with van der Waals surface area (Å²) in [6.07, 6.45) is 2.87. The monoisotopic (exact) mass is 624 g/mol. The molecular weight excluding hydrogens is 580 g/mol. The van der Waals surface area contributed by atoms with E-state index in [2.05, 4.69) is 15.5 Å². The average Bonchev–Trinajstić information content (AvgIpc) is 3.05. The molecule has 13 nitrogen and oxygen atoms in total. The SMILES string of the molecule is COCOc1ccc2c(c1)CN(C(=O)O)[C@H](C(O)CNC(=O)c1cc(NC3CCN(C(C)=O)CC3)nc(N3CCCCC3)c1)C2. The molecule has 13 heteroatoms. The fourth-order valence-corrected chi connectivity index (χ4v) is 6.34. The van der Waals surface area contributed by atoms with E-state index >= 15 is 0 Å². The maximum atomic E-state index is 13.5. The third-order valence-electron chi connectivity index (χ3n) is 8.90. The Morgan fingerprint density at radius 1 is 1.04 bits per heavy atom. The Bertz CT molecular complexity index is 1360. The van der Waals surface area contributed by atoms with Crippen molar-refractivity contribution in [2.24, 2.45) is 0 Å². The molecular formula is C32H44N6O7. The molecule has 4 N–H and O–H groups in total. The molecule has 244 valence electrons. The van der Waals surface area contributed by atoms with Crippen molar-refractivity contribution in [1.29, 1.82) is 0 Å². The normalized spacial score (nSPS) is 19.4. The van der Waals surface area contributed by atoms with Crippen molar-refractivity contribution in [3.63, 3.8) is 0 Å². The fourth-order valence-electron chi connectivity index (χ4n) is 6.34. The van der Waals surface area contributed by atoms with E-state index in [9.17, 15) is 24.6 Å². The summed E-state index contributed by atoms with van der Waals surface area (Å²) in [5.74, 6) is 1.60. The number of piperidine rings is 2. The lowest BCUT2D eigenvalue weighted by molar-refractivity contribution is -0.129. The van der Waals surface area contributed by atoms with Gasteiger partial charge in [-0.3, -0.25) is 14.5 Å². The lowest BCUT2D eigenvalue weighted by Crippen LogP contribution is -2.53. The lowest BCUT2D eigenvalue weighted by atomic mass is 9.91. The van der Waals surface area contributed by atoms with E-state index in [0.717, 1.165) is 62.1 Å². The summed E-state index contributed by atoms with van der Waals surface area (Å²) in [5.41, 5.74) is 2.12. The second-order valence-electron chi connectivity index (χ2n) is 12.0. The van der Waals surface area contributed by atoms with Crippen LogP contribution in [0.2, 0.25) is 0 Å². The Labute approximate surface area is 263 Å². The molecule has 0 saturated carbocycles. The van der Waals surface area contributed by atoms with E-state index in [1.807, 2.05) is 11.0 Å². The number of carbonyl (C=O) groups excluding carboxylic acids is 2. The summed E-state index contributed by atoms with van der Waals surface area (Å²) >= 11 is 0. The molecule has 3 aliphatic heterocycles. The molecule has 3 amide bonds. The minimum absolute atomic E-state index is 0.0745. The van der Waals surface area contributed by atoms with Crippen LogP contribution in [-0.2, 0) is 22.5 Å². The van der Waals surface area contributed by atoms with Crippen LogP contribution in [0.25, 0.3) is 0 Å². The first kappa shape index (κ1) is 32.3. The number of carbonyl (C=O) groups is 3. The zero-order chi connectivity index (χ0) is 31.9. The van der Waals surface area contributed by atoms with Crippen LogP contribution >= 0.6 is 0 Å². The highest BCUT2D eigenvalue weighted by Crippen LogP contribution is 2.29. The molecule has 3 aliphatic rings. The van der Waals surface area contributed by atoms with Crippen molar-refractivity contribution in [3.8, 4) is 5.75 Å². The van der Waals surface area contributed by atoms with Crippen LogP contribution in [0.5, 0.6) is 5.75 Å². The van der Waals surface area contributed by atoms with Gasteiger partial charge in [0.2, 0.25) is 5.91 Å². The van der Waals surface area contributed by atoms with Crippen molar-refractivity contribution in [2.75, 3.05) is 56.8 Å².